The average molecular weight is 771 g/mol. The average Bonchev–Trinajstić information content (AvgIpc) is 3.17. The second kappa shape index (κ2) is 22.2. The van der Waals surface area contributed by atoms with Gasteiger partial charge < -0.3 is 37.9 Å². The number of esters is 8. The summed E-state index contributed by atoms with van der Waals surface area (Å²) in [6, 6.07) is 0. The molecule has 0 aliphatic carbocycles. The molecule has 0 N–H and O–H groups in total. The SMILES string of the molecule is C=CC(=O)OCC(COC(=O)C=C)(COC(=O)C=C)COC(=O)C(C)C(F)(F)C(C)(C)C(=O)OCC(COC(=O)C=C)(COC(=O)C=C)COC(=O)C=C. The van der Waals surface area contributed by atoms with Crippen molar-refractivity contribution in [3.05, 3.63) is 75.9 Å². The number of rotatable bonds is 26. The number of hydrogen-bond donors (Lipinski definition) is 0. The van der Waals surface area contributed by atoms with Crippen molar-refractivity contribution in [1.29, 1.82) is 0 Å². The minimum absolute atomic E-state index is 0.731. The zero-order chi connectivity index (χ0) is 41.8. The maximum Gasteiger partial charge on any atom is 0.330 e. The van der Waals surface area contributed by atoms with Gasteiger partial charge in [0.2, 0.25) is 0 Å². The fourth-order valence-electron chi connectivity index (χ4n) is 3.77. The van der Waals surface area contributed by atoms with Gasteiger partial charge in [0.15, 0.2) is 0 Å². The standard InChI is InChI=1S/C36H44F2O16/c1-10-25(39)47-16-34(17-48-26(40)11-2,18-49-27(41)12-3)22-53-31(45)24(7)36(37,38)33(8,9)32(46)54-23-35(19-50-28(42)13-4,20-51-29(43)14-5)21-52-30(44)15-6/h10-15,24H,1-6,16-23H2,7-9H3. The molecule has 0 rings (SSSR count). The molecule has 0 spiro atoms. The van der Waals surface area contributed by atoms with Crippen LogP contribution >= 0.6 is 0 Å². The molecule has 16 nitrogen and oxygen atoms in total. The monoisotopic (exact) mass is 770 g/mol. The Morgan fingerprint density at radius 2 is 0.685 bits per heavy atom. The number of hydrogen-bond acceptors (Lipinski definition) is 16. The number of ether oxygens (including phenoxy) is 8. The maximum atomic E-state index is 16.0. The van der Waals surface area contributed by atoms with E-state index in [2.05, 4.69) is 39.5 Å². The molecular formula is C36H44F2O16. The normalized spacial score (nSPS) is 11.9. The molecule has 54 heavy (non-hydrogen) atoms. The van der Waals surface area contributed by atoms with Gasteiger partial charge in [-0.25, -0.2) is 37.5 Å². The quantitative estimate of drug-likeness (QED) is 0.0703. The summed E-state index contributed by atoms with van der Waals surface area (Å²) in [5, 5.41) is 0. The number of carbonyl (C=O) groups excluding carboxylic acids is 8. The van der Waals surface area contributed by atoms with E-state index in [4.69, 9.17) is 37.9 Å². The van der Waals surface area contributed by atoms with Gasteiger partial charge in [0.1, 0.15) is 75.0 Å². The first kappa shape index (κ1) is 48.1. The van der Waals surface area contributed by atoms with Crippen LogP contribution in [-0.4, -0.2) is 107 Å². The summed E-state index contributed by atoms with van der Waals surface area (Å²) in [4.78, 5) is 97.5. The summed E-state index contributed by atoms with van der Waals surface area (Å²) in [5.41, 5.74) is -6.53. The first-order valence-electron chi connectivity index (χ1n) is 15.6. The van der Waals surface area contributed by atoms with Gasteiger partial charge in [-0.2, -0.15) is 0 Å². The summed E-state index contributed by atoms with van der Waals surface area (Å²) in [7, 11) is 0. The van der Waals surface area contributed by atoms with Gasteiger partial charge in [0, 0.05) is 36.5 Å². The van der Waals surface area contributed by atoms with E-state index in [0.717, 1.165) is 57.2 Å². The van der Waals surface area contributed by atoms with Crippen molar-refractivity contribution in [3.8, 4) is 0 Å². The molecule has 0 aliphatic rings. The first-order valence-corrected chi connectivity index (χ1v) is 15.6. The summed E-state index contributed by atoms with van der Waals surface area (Å²) in [6.07, 6.45) is 4.62. The van der Waals surface area contributed by atoms with Gasteiger partial charge in [-0.1, -0.05) is 39.5 Å². The molecule has 1 unspecified atom stereocenters. The van der Waals surface area contributed by atoms with Crippen LogP contribution in [0.3, 0.4) is 0 Å². The summed E-state index contributed by atoms with van der Waals surface area (Å²) in [5.74, 6) is -15.8. The van der Waals surface area contributed by atoms with Crippen LogP contribution in [0.1, 0.15) is 20.8 Å². The lowest BCUT2D eigenvalue weighted by atomic mass is 9.78. The summed E-state index contributed by atoms with van der Waals surface area (Å²) >= 11 is 0. The lowest BCUT2D eigenvalue weighted by molar-refractivity contribution is -0.204. The minimum Gasteiger partial charge on any atom is -0.464 e. The number of carbonyl (C=O) groups is 8. The smallest absolute Gasteiger partial charge is 0.330 e. The van der Waals surface area contributed by atoms with Crippen LogP contribution in [-0.2, 0) is 76.3 Å². The second-order valence-electron chi connectivity index (χ2n) is 12.0. The van der Waals surface area contributed by atoms with Crippen molar-refractivity contribution >= 4 is 47.8 Å². The maximum absolute atomic E-state index is 16.0. The van der Waals surface area contributed by atoms with E-state index in [1.165, 1.54) is 0 Å². The van der Waals surface area contributed by atoms with Crippen molar-refractivity contribution < 1.29 is 85.0 Å². The molecule has 298 valence electrons. The molecule has 0 aromatic rings. The molecule has 0 saturated carbocycles. The molecule has 0 saturated heterocycles. The molecule has 0 heterocycles. The number of alkyl halides is 2. The summed E-state index contributed by atoms with van der Waals surface area (Å²) < 4.78 is 72.5. The van der Waals surface area contributed by atoms with E-state index in [1.54, 1.807) is 0 Å². The van der Waals surface area contributed by atoms with Crippen molar-refractivity contribution in [2.24, 2.45) is 22.2 Å². The molecule has 0 fully saturated rings. The Labute approximate surface area is 310 Å². The molecule has 0 bridgehead atoms. The van der Waals surface area contributed by atoms with E-state index < -0.39 is 129 Å². The highest BCUT2D eigenvalue weighted by Crippen LogP contribution is 2.44. The Bertz CT molecular complexity index is 1360. The van der Waals surface area contributed by atoms with E-state index in [1.807, 2.05) is 0 Å². The zero-order valence-electron chi connectivity index (χ0n) is 30.2. The van der Waals surface area contributed by atoms with Crippen LogP contribution in [0, 0.1) is 22.2 Å². The van der Waals surface area contributed by atoms with E-state index in [0.29, 0.717) is 0 Å². The van der Waals surface area contributed by atoms with Crippen molar-refractivity contribution in [1.82, 2.24) is 0 Å². The van der Waals surface area contributed by atoms with Crippen molar-refractivity contribution in [2.75, 3.05) is 52.9 Å². The molecule has 0 radical (unpaired) electrons. The predicted octanol–water partition coefficient (Wildman–Crippen LogP) is 2.72. The van der Waals surface area contributed by atoms with Crippen molar-refractivity contribution in [2.45, 2.75) is 26.7 Å². The van der Waals surface area contributed by atoms with Gasteiger partial charge in [0.25, 0.3) is 5.92 Å². The van der Waals surface area contributed by atoms with Crippen molar-refractivity contribution in [3.63, 3.8) is 0 Å². The molecule has 0 aromatic carbocycles. The minimum atomic E-state index is -4.26. The van der Waals surface area contributed by atoms with Gasteiger partial charge in [0.05, 0.1) is 0 Å². The molecule has 18 heteroatoms. The van der Waals surface area contributed by atoms with Crippen LogP contribution in [0.25, 0.3) is 0 Å². The third-order valence-corrected chi connectivity index (χ3v) is 7.39. The fourth-order valence-corrected chi connectivity index (χ4v) is 3.77. The first-order chi connectivity index (χ1) is 25.1. The van der Waals surface area contributed by atoms with Crippen LogP contribution in [0.4, 0.5) is 8.78 Å². The van der Waals surface area contributed by atoms with E-state index >= 15 is 8.78 Å². The van der Waals surface area contributed by atoms with E-state index in [-0.39, 0.29) is 0 Å². The summed E-state index contributed by atoms with van der Waals surface area (Å²) in [6.45, 7) is 15.3. The molecular weight excluding hydrogens is 726 g/mol. The Balaban J connectivity index is 6.43. The Morgan fingerprint density at radius 3 is 0.926 bits per heavy atom. The Hall–Kier alpha value is -5.94. The molecule has 1 atom stereocenters. The molecule has 0 aromatic heterocycles. The highest BCUT2D eigenvalue weighted by molar-refractivity contribution is 5.84. The Morgan fingerprint density at radius 1 is 0.463 bits per heavy atom. The highest BCUT2D eigenvalue weighted by atomic mass is 19.3. The van der Waals surface area contributed by atoms with Gasteiger partial charge in [-0.3, -0.25) is 9.59 Å². The number of halogens is 2. The molecule has 0 amide bonds. The van der Waals surface area contributed by atoms with Crippen LogP contribution in [0.2, 0.25) is 0 Å². The van der Waals surface area contributed by atoms with Crippen LogP contribution in [0.15, 0.2) is 75.9 Å². The largest absolute Gasteiger partial charge is 0.464 e. The highest BCUT2D eigenvalue weighted by Gasteiger charge is 2.59. The lowest BCUT2D eigenvalue weighted by Crippen LogP contribution is -2.52. The van der Waals surface area contributed by atoms with Crippen LogP contribution < -0.4 is 0 Å². The van der Waals surface area contributed by atoms with Crippen LogP contribution in [0.5, 0.6) is 0 Å². The molecule has 0 aliphatic heterocycles. The van der Waals surface area contributed by atoms with Gasteiger partial charge in [-0.05, 0) is 20.8 Å². The fraction of sp³-hybridized carbons (Fsp3) is 0.444. The Kier molecular flexibility index (Phi) is 19.8. The third-order valence-electron chi connectivity index (χ3n) is 7.39. The topological polar surface area (TPSA) is 210 Å². The third kappa shape index (κ3) is 15.0. The zero-order valence-corrected chi connectivity index (χ0v) is 30.2. The van der Waals surface area contributed by atoms with Gasteiger partial charge >= 0.3 is 47.8 Å². The van der Waals surface area contributed by atoms with E-state index in [9.17, 15) is 38.4 Å². The predicted molar refractivity (Wildman–Crippen MR) is 182 cm³/mol. The second-order valence-corrected chi connectivity index (χ2v) is 12.0. The van der Waals surface area contributed by atoms with Gasteiger partial charge in [-0.15, -0.1) is 0 Å². The lowest BCUT2D eigenvalue weighted by Gasteiger charge is -2.37.